The molecule has 1 aromatic heterocycles. The number of rotatable bonds is 1. The molecule has 4 nitrogen and oxygen atoms in total. The number of aromatic nitrogens is 2. The van der Waals surface area contributed by atoms with Crippen molar-refractivity contribution in [1.82, 2.24) is 14.9 Å². The number of anilines is 1. The fourth-order valence-electron chi connectivity index (χ4n) is 2.67. The van der Waals surface area contributed by atoms with Crippen molar-refractivity contribution >= 4 is 5.95 Å². The monoisotopic (exact) mass is 282 g/mol. The van der Waals surface area contributed by atoms with Gasteiger partial charge in [-0.25, -0.2) is 9.97 Å². The van der Waals surface area contributed by atoms with Crippen LogP contribution in [-0.4, -0.2) is 48.1 Å². The van der Waals surface area contributed by atoms with Gasteiger partial charge in [0.05, 0.1) is 0 Å². The maximum Gasteiger partial charge on any atom is 0.226 e. The van der Waals surface area contributed by atoms with Crippen LogP contribution in [0.5, 0.6) is 0 Å². The van der Waals surface area contributed by atoms with Crippen LogP contribution in [0.25, 0.3) is 0 Å². The number of hydrogen-bond donors (Lipinski definition) is 0. The van der Waals surface area contributed by atoms with Crippen LogP contribution in [0, 0.1) is 11.8 Å². The van der Waals surface area contributed by atoms with Crippen LogP contribution in [0.15, 0.2) is 23.9 Å². The predicted molar refractivity (Wildman–Crippen MR) is 85.2 cm³/mol. The van der Waals surface area contributed by atoms with Crippen molar-refractivity contribution in [2.45, 2.75) is 25.7 Å². The van der Waals surface area contributed by atoms with Gasteiger partial charge in [0.1, 0.15) is 5.69 Å². The average Bonchev–Trinajstić information content (AvgIpc) is 2.55. The number of piperazine rings is 1. The fraction of sp³-hybridized carbons (Fsp3) is 0.529. The first kappa shape index (κ1) is 14.1. The molecule has 0 bridgehead atoms. The molecule has 0 amide bonds. The van der Waals surface area contributed by atoms with E-state index in [4.69, 9.17) is 0 Å². The smallest absolute Gasteiger partial charge is 0.226 e. The van der Waals surface area contributed by atoms with E-state index in [1.807, 2.05) is 12.3 Å². The quantitative estimate of drug-likeness (QED) is 0.738. The Kier molecular flexibility index (Phi) is 4.52. The molecule has 0 N–H and O–H groups in total. The zero-order chi connectivity index (χ0) is 14.5. The van der Waals surface area contributed by atoms with Crippen LogP contribution in [0.4, 0.5) is 5.95 Å². The summed E-state index contributed by atoms with van der Waals surface area (Å²) in [6.07, 6.45) is 8.92. The summed E-state index contributed by atoms with van der Waals surface area (Å²) in [6.45, 7) is 4.09. The Hall–Kier alpha value is -1.86. The van der Waals surface area contributed by atoms with E-state index in [0.717, 1.165) is 44.2 Å². The number of likely N-dealkylation sites (N-methyl/N-ethyl adjacent to an activating group) is 1. The van der Waals surface area contributed by atoms with Gasteiger partial charge in [0.25, 0.3) is 0 Å². The zero-order valence-electron chi connectivity index (χ0n) is 12.7. The largest absolute Gasteiger partial charge is 0.338 e. The molecule has 0 radical (unpaired) electrons. The first-order valence-electron chi connectivity index (χ1n) is 7.79. The topological polar surface area (TPSA) is 32.3 Å². The van der Waals surface area contributed by atoms with Crippen LogP contribution in [-0.2, 0) is 0 Å². The molecule has 0 saturated carbocycles. The van der Waals surface area contributed by atoms with Gasteiger partial charge in [-0.15, -0.1) is 0 Å². The second kappa shape index (κ2) is 6.73. The summed E-state index contributed by atoms with van der Waals surface area (Å²) < 4.78 is 0. The van der Waals surface area contributed by atoms with Gasteiger partial charge in [0.15, 0.2) is 0 Å². The standard InChI is InChI=1S/C17H22N4/c1-20-11-13-21(14-12-20)17-18-10-9-16(19-17)8-7-15-5-3-2-4-6-15/h5,9-10H,2-4,6,11-14H2,1H3. The highest BCUT2D eigenvalue weighted by Gasteiger charge is 2.16. The molecule has 2 aliphatic rings. The lowest BCUT2D eigenvalue weighted by Gasteiger charge is -2.32. The number of nitrogens with zero attached hydrogens (tertiary/aromatic N) is 4. The number of allylic oxidation sites excluding steroid dienone is 2. The number of hydrogen-bond acceptors (Lipinski definition) is 4. The SMILES string of the molecule is CN1CCN(c2nccc(C#CC3=CCCCC3)n2)CC1. The van der Waals surface area contributed by atoms with Crippen LogP contribution in [0.3, 0.4) is 0 Å². The first-order valence-corrected chi connectivity index (χ1v) is 7.79. The van der Waals surface area contributed by atoms with Crippen molar-refractivity contribution in [2.24, 2.45) is 0 Å². The van der Waals surface area contributed by atoms with E-state index in [9.17, 15) is 0 Å². The van der Waals surface area contributed by atoms with Crippen molar-refractivity contribution in [3.05, 3.63) is 29.6 Å². The van der Waals surface area contributed by atoms with Gasteiger partial charge in [0, 0.05) is 32.4 Å². The normalized spacial score (nSPS) is 19.7. The highest BCUT2D eigenvalue weighted by molar-refractivity contribution is 5.40. The average molecular weight is 282 g/mol. The molecule has 21 heavy (non-hydrogen) atoms. The lowest BCUT2D eigenvalue weighted by Crippen LogP contribution is -2.45. The minimum atomic E-state index is 0.813. The Morgan fingerprint density at radius 3 is 2.71 bits per heavy atom. The molecule has 4 heteroatoms. The summed E-state index contributed by atoms with van der Waals surface area (Å²) in [5, 5.41) is 0. The lowest BCUT2D eigenvalue weighted by atomic mass is 10.00. The molecule has 1 aromatic rings. The fourth-order valence-corrected chi connectivity index (χ4v) is 2.67. The molecule has 1 aliphatic heterocycles. The minimum Gasteiger partial charge on any atom is -0.338 e. The van der Waals surface area contributed by atoms with Gasteiger partial charge in [-0.2, -0.15) is 0 Å². The maximum atomic E-state index is 4.60. The van der Waals surface area contributed by atoms with Crippen molar-refractivity contribution in [3.63, 3.8) is 0 Å². The first-order chi connectivity index (χ1) is 10.3. The van der Waals surface area contributed by atoms with Crippen LogP contribution < -0.4 is 4.90 Å². The highest BCUT2D eigenvalue weighted by Crippen LogP contribution is 2.16. The van der Waals surface area contributed by atoms with Gasteiger partial charge in [-0.1, -0.05) is 12.0 Å². The Balaban J connectivity index is 1.71. The molecule has 1 aliphatic carbocycles. The van der Waals surface area contributed by atoms with E-state index >= 15 is 0 Å². The Morgan fingerprint density at radius 1 is 1.10 bits per heavy atom. The van der Waals surface area contributed by atoms with Crippen molar-refractivity contribution in [1.29, 1.82) is 0 Å². The Labute approximate surface area is 126 Å². The van der Waals surface area contributed by atoms with E-state index in [0.29, 0.717) is 0 Å². The summed E-state index contributed by atoms with van der Waals surface area (Å²) in [5.74, 6) is 7.28. The van der Waals surface area contributed by atoms with Crippen molar-refractivity contribution in [2.75, 3.05) is 38.1 Å². The molecule has 0 atom stereocenters. The summed E-state index contributed by atoms with van der Waals surface area (Å²) in [5.41, 5.74) is 2.09. The summed E-state index contributed by atoms with van der Waals surface area (Å²) in [6, 6.07) is 1.90. The van der Waals surface area contributed by atoms with Gasteiger partial charge in [-0.3, -0.25) is 0 Å². The highest BCUT2D eigenvalue weighted by atomic mass is 15.3. The van der Waals surface area contributed by atoms with Gasteiger partial charge < -0.3 is 9.80 Å². The second-order valence-corrected chi connectivity index (χ2v) is 5.76. The summed E-state index contributed by atoms with van der Waals surface area (Å²) in [7, 11) is 2.15. The van der Waals surface area contributed by atoms with E-state index in [1.54, 1.807) is 0 Å². The maximum absolute atomic E-state index is 4.60. The summed E-state index contributed by atoms with van der Waals surface area (Å²) in [4.78, 5) is 13.6. The third-order valence-electron chi connectivity index (χ3n) is 4.07. The predicted octanol–water partition coefficient (Wildman–Crippen LogP) is 2.08. The molecule has 0 unspecified atom stereocenters. The molecule has 110 valence electrons. The van der Waals surface area contributed by atoms with Crippen LogP contribution >= 0.6 is 0 Å². The molecule has 1 fully saturated rings. The zero-order valence-corrected chi connectivity index (χ0v) is 12.7. The second-order valence-electron chi connectivity index (χ2n) is 5.76. The molecular weight excluding hydrogens is 260 g/mol. The van der Waals surface area contributed by atoms with Crippen LogP contribution in [0.1, 0.15) is 31.4 Å². The molecular formula is C17H22N4. The third-order valence-corrected chi connectivity index (χ3v) is 4.07. The van der Waals surface area contributed by atoms with Gasteiger partial charge in [0.2, 0.25) is 5.95 Å². The molecule has 2 heterocycles. The van der Waals surface area contributed by atoms with Crippen molar-refractivity contribution < 1.29 is 0 Å². The van der Waals surface area contributed by atoms with Gasteiger partial charge in [-0.05, 0) is 50.3 Å². The lowest BCUT2D eigenvalue weighted by molar-refractivity contribution is 0.311. The molecule has 0 spiro atoms. The minimum absolute atomic E-state index is 0.813. The van der Waals surface area contributed by atoms with E-state index < -0.39 is 0 Å². The van der Waals surface area contributed by atoms with E-state index in [-0.39, 0.29) is 0 Å². The summed E-state index contributed by atoms with van der Waals surface area (Å²) >= 11 is 0. The van der Waals surface area contributed by atoms with E-state index in [1.165, 1.54) is 24.8 Å². The Morgan fingerprint density at radius 2 is 1.95 bits per heavy atom. The Bertz CT molecular complexity index is 574. The molecule has 3 rings (SSSR count). The molecule has 0 aromatic carbocycles. The molecule has 1 saturated heterocycles. The van der Waals surface area contributed by atoms with Gasteiger partial charge >= 0.3 is 0 Å². The third kappa shape index (κ3) is 3.83. The van der Waals surface area contributed by atoms with E-state index in [2.05, 4.69) is 44.7 Å². The van der Waals surface area contributed by atoms with Crippen molar-refractivity contribution in [3.8, 4) is 11.8 Å². The van der Waals surface area contributed by atoms with Crippen LogP contribution in [0.2, 0.25) is 0 Å².